The van der Waals surface area contributed by atoms with Crippen LogP contribution in [-0.2, 0) is 17.4 Å². The van der Waals surface area contributed by atoms with E-state index < -0.39 is 11.0 Å². The third-order valence-corrected chi connectivity index (χ3v) is 4.78. The van der Waals surface area contributed by atoms with Gasteiger partial charge in [-0.3, -0.25) is 0 Å². The number of fused-ring (bicyclic) bond motifs is 1. The molecule has 0 aromatic heterocycles. The molecule has 1 aliphatic rings. The molecule has 104 valence electrons. The predicted octanol–water partition coefficient (Wildman–Crippen LogP) is 2.49. The molecule has 1 aliphatic carbocycles. The molecule has 0 saturated carbocycles. The van der Waals surface area contributed by atoms with Crippen molar-refractivity contribution >= 4 is 16.7 Å². The van der Waals surface area contributed by atoms with Crippen molar-refractivity contribution in [1.82, 2.24) is 0 Å². The van der Waals surface area contributed by atoms with Crippen molar-refractivity contribution < 1.29 is 9.32 Å². The van der Waals surface area contributed by atoms with Gasteiger partial charge in [0.2, 0.25) is 0 Å². The van der Waals surface area contributed by atoms with Crippen molar-refractivity contribution in [3.8, 4) is 0 Å². The molecule has 1 aromatic rings. The molecule has 0 spiro atoms. The molecule has 3 nitrogen and oxygen atoms in total. The van der Waals surface area contributed by atoms with E-state index >= 15 is 0 Å². The highest BCUT2D eigenvalue weighted by Crippen LogP contribution is 2.27. The lowest BCUT2D eigenvalue weighted by molar-refractivity contribution is 0.254. The summed E-state index contributed by atoms with van der Waals surface area (Å²) in [6.07, 6.45) is 1.82. The Morgan fingerprint density at radius 1 is 1.37 bits per heavy atom. The summed E-state index contributed by atoms with van der Waals surface area (Å²) in [5, 5.41) is 9.52. The first-order valence-corrected chi connectivity index (χ1v) is 7.74. The smallest absolute Gasteiger partial charge is 0.145 e. The number of rotatable bonds is 2. The van der Waals surface area contributed by atoms with Crippen LogP contribution in [0.2, 0.25) is 0 Å². The molecule has 4 heteroatoms. The number of aliphatic hydroxyl groups excluding tert-OH is 1. The maximum absolute atomic E-state index is 12.2. The SMILES string of the molecule is CC(C)(C)S(=O)/N=C1/c2ccccc2CC[C@H]1CO. The Hall–Kier alpha value is -1.00. The van der Waals surface area contributed by atoms with Gasteiger partial charge in [0.25, 0.3) is 0 Å². The third-order valence-electron chi connectivity index (χ3n) is 3.37. The molecule has 0 bridgehead atoms. The Bertz CT molecular complexity index is 517. The van der Waals surface area contributed by atoms with Gasteiger partial charge in [-0.2, -0.15) is 4.40 Å². The van der Waals surface area contributed by atoms with Crippen molar-refractivity contribution in [3.63, 3.8) is 0 Å². The normalized spacial score (nSPS) is 23.2. The van der Waals surface area contributed by atoms with Crippen molar-refractivity contribution in [2.75, 3.05) is 6.61 Å². The fourth-order valence-corrected chi connectivity index (χ4v) is 2.90. The van der Waals surface area contributed by atoms with Gasteiger partial charge in [-0.15, -0.1) is 0 Å². The van der Waals surface area contributed by atoms with Crippen LogP contribution in [0.25, 0.3) is 0 Å². The Labute approximate surface area is 117 Å². The van der Waals surface area contributed by atoms with Gasteiger partial charge in [0.1, 0.15) is 11.0 Å². The quantitative estimate of drug-likeness (QED) is 0.904. The first kappa shape index (κ1) is 14.4. The molecule has 0 saturated heterocycles. The first-order chi connectivity index (χ1) is 8.93. The summed E-state index contributed by atoms with van der Waals surface area (Å²) in [5.74, 6) is 0.00111. The van der Waals surface area contributed by atoms with E-state index in [1.807, 2.05) is 39.0 Å². The number of hydrogen-bond donors (Lipinski definition) is 1. The summed E-state index contributed by atoms with van der Waals surface area (Å²) in [6, 6.07) is 8.07. The number of hydrogen-bond acceptors (Lipinski definition) is 2. The summed E-state index contributed by atoms with van der Waals surface area (Å²) in [7, 11) is -1.29. The van der Waals surface area contributed by atoms with Crippen molar-refractivity contribution in [2.24, 2.45) is 10.3 Å². The summed E-state index contributed by atoms with van der Waals surface area (Å²) in [4.78, 5) is 0. The van der Waals surface area contributed by atoms with E-state index in [0.717, 1.165) is 24.1 Å². The van der Waals surface area contributed by atoms with Crippen molar-refractivity contribution in [2.45, 2.75) is 38.4 Å². The molecule has 0 amide bonds. The van der Waals surface area contributed by atoms with Gasteiger partial charge >= 0.3 is 0 Å². The number of aliphatic hydroxyl groups is 1. The highest BCUT2D eigenvalue weighted by atomic mass is 32.2. The average Bonchev–Trinajstić information content (AvgIpc) is 2.38. The van der Waals surface area contributed by atoms with Crippen molar-refractivity contribution in [3.05, 3.63) is 35.4 Å². The molecule has 19 heavy (non-hydrogen) atoms. The molecule has 0 heterocycles. The van der Waals surface area contributed by atoms with Gasteiger partial charge in [-0.25, -0.2) is 4.21 Å². The fraction of sp³-hybridized carbons (Fsp3) is 0.533. The molecule has 1 N–H and O–H groups in total. The fourth-order valence-electron chi connectivity index (χ4n) is 2.20. The molecule has 1 aromatic carbocycles. The Kier molecular flexibility index (Phi) is 4.21. The highest BCUT2D eigenvalue weighted by molar-refractivity contribution is 7.85. The maximum atomic E-state index is 12.2. The standard InChI is InChI=1S/C15H21NO2S/c1-15(2,3)19(18)16-14-12(10-17)9-8-11-6-4-5-7-13(11)14/h4-7,12,17H,8-10H2,1-3H3/b16-14+/t12-,19?/m0/s1. The minimum Gasteiger partial charge on any atom is -0.396 e. The van der Waals surface area contributed by atoms with E-state index in [4.69, 9.17) is 0 Å². The highest BCUT2D eigenvalue weighted by Gasteiger charge is 2.27. The summed E-state index contributed by atoms with van der Waals surface area (Å²) < 4.78 is 16.3. The molecule has 0 fully saturated rings. The van der Waals surface area contributed by atoms with Gasteiger partial charge in [-0.05, 0) is 39.2 Å². The topological polar surface area (TPSA) is 49.7 Å². The van der Waals surface area contributed by atoms with E-state index in [1.54, 1.807) is 0 Å². The zero-order valence-corrected chi connectivity index (χ0v) is 12.5. The lowest BCUT2D eigenvalue weighted by Crippen LogP contribution is -2.29. The number of nitrogens with zero attached hydrogens (tertiary/aromatic N) is 1. The molecular formula is C15H21NO2S. The minimum absolute atomic E-state index is 0.00111. The number of benzene rings is 1. The van der Waals surface area contributed by atoms with E-state index in [-0.39, 0.29) is 17.3 Å². The average molecular weight is 279 g/mol. The largest absolute Gasteiger partial charge is 0.396 e. The molecular weight excluding hydrogens is 258 g/mol. The van der Waals surface area contributed by atoms with Gasteiger partial charge in [0.15, 0.2) is 0 Å². The third kappa shape index (κ3) is 3.12. The second-order valence-corrected chi connectivity index (χ2v) is 7.82. The second-order valence-electron chi connectivity index (χ2n) is 5.91. The van der Waals surface area contributed by atoms with Crippen LogP contribution in [0.15, 0.2) is 28.7 Å². The monoisotopic (exact) mass is 279 g/mol. The molecule has 0 radical (unpaired) electrons. The van der Waals surface area contributed by atoms with Crippen molar-refractivity contribution in [1.29, 1.82) is 0 Å². The second kappa shape index (κ2) is 5.55. The van der Waals surface area contributed by atoms with Crippen LogP contribution in [0, 0.1) is 5.92 Å². The van der Waals surface area contributed by atoms with Crippen LogP contribution < -0.4 is 0 Å². The lowest BCUT2D eigenvalue weighted by Gasteiger charge is -2.26. The van der Waals surface area contributed by atoms with Gasteiger partial charge in [-0.1, -0.05) is 24.3 Å². The van der Waals surface area contributed by atoms with E-state index in [1.165, 1.54) is 5.56 Å². The van der Waals surface area contributed by atoms with Crippen LogP contribution in [0.3, 0.4) is 0 Å². The summed E-state index contributed by atoms with van der Waals surface area (Å²) >= 11 is 0. The molecule has 1 unspecified atom stereocenters. The minimum atomic E-state index is -1.29. The predicted molar refractivity (Wildman–Crippen MR) is 79.8 cm³/mol. The molecule has 0 aliphatic heterocycles. The summed E-state index contributed by atoms with van der Waals surface area (Å²) in [6.45, 7) is 5.80. The lowest BCUT2D eigenvalue weighted by atomic mass is 9.83. The summed E-state index contributed by atoms with van der Waals surface area (Å²) in [5.41, 5.74) is 3.08. The molecule has 2 atom stereocenters. The van der Waals surface area contributed by atoms with Crippen LogP contribution >= 0.6 is 0 Å². The molecule has 2 rings (SSSR count). The van der Waals surface area contributed by atoms with Crippen LogP contribution in [0.4, 0.5) is 0 Å². The van der Waals surface area contributed by atoms with E-state index in [9.17, 15) is 9.32 Å². The van der Waals surface area contributed by atoms with Gasteiger partial charge in [0, 0.05) is 11.5 Å². The van der Waals surface area contributed by atoms with Gasteiger partial charge in [0.05, 0.1) is 17.1 Å². The zero-order valence-electron chi connectivity index (χ0n) is 11.7. The number of aryl methyl sites for hydroxylation is 1. The Morgan fingerprint density at radius 2 is 2.05 bits per heavy atom. The maximum Gasteiger partial charge on any atom is 0.145 e. The van der Waals surface area contributed by atoms with E-state index in [2.05, 4.69) is 10.5 Å². The van der Waals surface area contributed by atoms with Crippen LogP contribution in [0.1, 0.15) is 38.3 Å². The zero-order chi connectivity index (χ0) is 14.0. The Balaban J connectivity index is 2.46. The van der Waals surface area contributed by atoms with Crippen LogP contribution in [0.5, 0.6) is 0 Å². The Morgan fingerprint density at radius 3 is 2.68 bits per heavy atom. The van der Waals surface area contributed by atoms with Crippen LogP contribution in [-0.4, -0.2) is 26.4 Å². The van der Waals surface area contributed by atoms with E-state index in [0.29, 0.717) is 0 Å². The first-order valence-electron chi connectivity index (χ1n) is 6.63. The van der Waals surface area contributed by atoms with Gasteiger partial charge < -0.3 is 5.11 Å².